The minimum atomic E-state index is -0.536. The maximum absolute atomic E-state index is 11.3. The van der Waals surface area contributed by atoms with E-state index in [9.17, 15) is 4.79 Å². The molecule has 1 aliphatic heterocycles. The van der Waals surface area contributed by atoms with E-state index >= 15 is 0 Å². The zero-order valence-electron chi connectivity index (χ0n) is 9.31. The van der Waals surface area contributed by atoms with Gasteiger partial charge in [0.25, 0.3) is 5.91 Å². The standard InChI is InChI=1S/C12H14N2O2/c1-12(2)9(8-6-4-3-5-7-8)10(11(13)15)14-16-12/h3-7,9H,1-2H3,(H2,13,15)/t9-/m0/s1. The van der Waals surface area contributed by atoms with Crippen LogP contribution in [0.2, 0.25) is 0 Å². The summed E-state index contributed by atoms with van der Waals surface area (Å²) in [6.07, 6.45) is 0. The van der Waals surface area contributed by atoms with Crippen molar-refractivity contribution >= 4 is 11.6 Å². The van der Waals surface area contributed by atoms with Crippen molar-refractivity contribution in [3.8, 4) is 0 Å². The fourth-order valence-electron chi connectivity index (χ4n) is 1.99. The van der Waals surface area contributed by atoms with E-state index < -0.39 is 11.5 Å². The third kappa shape index (κ3) is 1.66. The van der Waals surface area contributed by atoms with Crippen molar-refractivity contribution in [2.75, 3.05) is 0 Å². The number of carbonyl (C=O) groups excluding carboxylic acids is 1. The quantitative estimate of drug-likeness (QED) is 0.815. The van der Waals surface area contributed by atoms with Gasteiger partial charge < -0.3 is 10.6 Å². The summed E-state index contributed by atoms with van der Waals surface area (Å²) in [6.45, 7) is 3.79. The molecule has 0 aromatic heterocycles. The topological polar surface area (TPSA) is 64.7 Å². The number of rotatable bonds is 2. The molecule has 16 heavy (non-hydrogen) atoms. The Labute approximate surface area is 94.1 Å². The van der Waals surface area contributed by atoms with Crippen LogP contribution in [0.15, 0.2) is 35.5 Å². The number of carbonyl (C=O) groups is 1. The average molecular weight is 218 g/mol. The average Bonchev–Trinajstić information content (AvgIpc) is 2.55. The van der Waals surface area contributed by atoms with Gasteiger partial charge in [0, 0.05) is 0 Å². The Morgan fingerprint density at radius 2 is 2.00 bits per heavy atom. The fourth-order valence-corrected chi connectivity index (χ4v) is 1.99. The first-order valence-electron chi connectivity index (χ1n) is 5.13. The zero-order chi connectivity index (χ0) is 11.8. The SMILES string of the molecule is CC1(C)ON=C(C(N)=O)[C@@H]1c1ccccc1. The molecular weight excluding hydrogens is 204 g/mol. The number of primary amides is 1. The molecule has 2 rings (SSSR count). The molecule has 0 saturated heterocycles. The molecule has 1 aromatic rings. The molecule has 4 heteroatoms. The van der Waals surface area contributed by atoms with Gasteiger partial charge in [0.05, 0.1) is 5.92 Å². The molecule has 2 N–H and O–H groups in total. The molecule has 1 amide bonds. The summed E-state index contributed by atoms with van der Waals surface area (Å²) < 4.78 is 0. The minimum absolute atomic E-state index is 0.203. The number of hydrogen-bond donors (Lipinski definition) is 1. The van der Waals surface area contributed by atoms with E-state index in [1.807, 2.05) is 44.2 Å². The molecule has 0 fully saturated rings. The largest absolute Gasteiger partial charge is 0.388 e. The highest BCUT2D eigenvalue weighted by Crippen LogP contribution is 2.37. The zero-order valence-corrected chi connectivity index (χ0v) is 9.31. The third-order valence-corrected chi connectivity index (χ3v) is 2.73. The fraction of sp³-hybridized carbons (Fsp3) is 0.333. The van der Waals surface area contributed by atoms with Crippen LogP contribution in [0.4, 0.5) is 0 Å². The second-order valence-corrected chi connectivity index (χ2v) is 4.38. The van der Waals surface area contributed by atoms with Gasteiger partial charge in [-0.1, -0.05) is 35.5 Å². The van der Waals surface area contributed by atoms with Crippen molar-refractivity contribution < 1.29 is 9.63 Å². The number of oxime groups is 1. The van der Waals surface area contributed by atoms with Gasteiger partial charge in [-0.05, 0) is 19.4 Å². The normalized spacial score (nSPS) is 22.4. The predicted molar refractivity (Wildman–Crippen MR) is 61.0 cm³/mol. The summed E-state index contributed by atoms with van der Waals surface area (Å²) in [5.74, 6) is -0.731. The Balaban J connectivity index is 2.44. The Morgan fingerprint density at radius 1 is 1.38 bits per heavy atom. The number of nitrogens with zero attached hydrogens (tertiary/aromatic N) is 1. The monoisotopic (exact) mass is 218 g/mol. The molecule has 1 aliphatic rings. The Kier molecular flexibility index (Phi) is 2.42. The van der Waals surface area contributed by atoms with Crippen LogP contribution in [-0.4, -0.2) is 17.2 Å². The Hall–Kier alpha value is -1.84. The maximum atomic E-state index is 11.3. The molecule has 4 nitrogen and oxygen atoms in total. The van der Waals surface area contributed by atoms with E-state index in [2.05, 4.69) is 5.16 Å². The van der Waals surface area contributed by atoms with E-state index in [0.717, 1.165) is 5.56 Å². The predicted octanol–water partition coefficient (Wildman–Crippen LogP) is 1.42. The third-order valence-electron chi connectivity index (χ3n) is 2.73. The van der Waals surface area contributed by atoms with Gasteiger partial charge in [-0.25, -0.2) is 0 Å². The first-order valence-corrected chi connectivity index (χ1v) is 5.13. The van der Waals surface area contributed by atoms with Gasteiger partial charge in [-0.3, -0.25) is 4.79 Å². The molecule has 0 aliphatic carbocycles. The minimum Gasteiger partial charge on any atom is -0.388 e. The van der Waals surface area contributed by atoms with Crippen LogP contribution in [-0.2, 0) is 9.63 Å². The number of hydrogen-bond acceptors (Lipinski definition) is 3. The molecule has 1 aromatic carbocycles. The van der Waals surface area contributed by atoms with E-state index in [0.29, 0.717) is 0 Å². The number of benzene rings is 1. The smallest absolute Gasteiger partial charge is 0.267 e. The molecule has 0 unspecified atom stereocenters. The second-order valence-electron chi connectivity index (χ2n) is 4.38. The molecule has 1 heterocycles. The van der Waals surface area contributed by atoms with E-state index in [1.165, 1.54) is 0 Å². The van der Waals surface area contributed by atoms with Crippen molar-refractivity contribution in [2.24, 2.45) is 10.9 Å². The van der Waals surface area contributed by atoms with Crippen LogP contribution in [0.1, 0.15) is 25.3 Å². The van der Waals surface area contributed by atoms with Gasteiger partial charge >= 0.3 is 0 Å². The number of nitrogens with two attached hydrogens (primary N) is 1. The summed E-state index contributed by atoms with van der Waals surface area (Å²) in [5.41, 5.74) is 6.04. The van der Waals surface area contributed by atoms with Crippen LogP contribution in [0.25, 0.3) is 0 Å². The van der Waals surface area contributed by atoms with Crippen molar-refractivity contribution in [1.82, 2.24) is 0 Å². The van der Waals surface area contributed by atoms with Gasteiger partial charge in [-0.15, -0.1) is 0 Å². The highest BCUT2D eigenvalue weighted by Gasteiger charge is 2.44. The van der Waals surface area contributed by atoms with Crippen molar-refractivity contribution in [3.05, 3.63) is 35.9 Å². The highest BCUT2D eigenvalue weighted by molar-refractivity contribution is 6.40. The Bertz CT molecular complexity index is 438. The lowest BCUT2D eigenvalue weighted by Crippen LogP contribution is -2.36. The lowest BCUT2D eigenvalue weighted by Gasteiger charge is -2.24. The summed E-state index contributed by atoms with van der Waals surface area (Å²) in [6, 6.07) is 9.65. The maximum Gasteiger partial charge on any atom is 0.267 e. The molecule has 0 spiro atoms. The van der Waals surface area contributed by atoms with Gasteiger partial charge in [-0.2, -0.15) is 0 Å². The summed E-state index contributed by atoms with van der Waals surface area (Å²) in [7, 11) is 0. The highest BCUT2D eigenvalue weighted by atomic mass is 16.7. The van der Waals surface area contributed by atoms with Crippen molar-refractivity contribution in [1.29, 1.82) is 0 Å². The lowest BCUT2D eigenvalue weighted by atomic mass is 9.81. The lowest BCUT2D eigenvalue weighted by molar-refractivity contribution is -0.112. The molecule has 0 bridgehead atoms. The van der Waals surface area contributed by atoms with Crippen LogP contribution < -0.4 is 5.73 Å². The van der Waals surface area contributed by atoms with Crippen LogP contribution in [0, 0.1) is 0 Å². The van der Waals surface area contributed by atoms with Gasteiger partial charge in [0.1, 0.15) is 5.60 Å². The molecule has 0 saturated carbocycles. The summed E-state index contributed by atoms with van der Waals surface area (Å²) >= 11 is 0. The summed E-state index contributed by atoms with van der Waals surface area (Å²) in [4.78, 5) is 16.6. The molecule has 0 radical (unpaired) electrons. The molecule has 1 atom stereocenters. The molecule has 84 valence electrons. The molecular formula is C12H14N2O2. The first-order chi connectivity index (χ1) is 7.52. The first kappa shape index (κ1) is 10.7. The van der Waals surface area contributed by atoms with Crippen LogP contribution >= 0.6 is 0 Å². The second kappa shape index (κ2) is 3.63. The van der Waals surface area contributed by atoms with Crippen molar-refractivity contribution in [3.63, 3.8) is 0 Å². The van der Waals surface area contributed by atoms with Crippen LogP contribution in [0.5, 0.6) is 0 Å². The number of amides is 1. The van der Waals surface area contributed by atoms with Crippen molar-refractivity contribution in [2.45, 2.75) is 25.4 Å². The summed E-state index contributed by atoms with van der Waals surface area (Å²) in [5, 5.41) is 3.79. The van der Waals surface area contributed by atoms with E-state index in [1.54, 1.807) is 0 Å². The van der Waals surface area contributed by atoms with E-state index in [-0.39, 0.29) is 11.6 Å². The van der Waals surface area contributed by atoms with Crippen LogP contribution in [0.3, 0.4) is 0 Å². The van der Waals surface area contributed by atoms with Gasteiger partial charge in [0.15, 0.2) is 5.71 Å². The Morgan fingerprint density at radius 3 is 2.56 bits per heavy atom. The van der Waals surface area contributed by atoms with E-state index in [4.69, 9.17) is 10.6 Å². The van der Waals surface area contributed by atoms with Gasteiger partial charge in [0.2, 0.25) is 0 Å².